The minimum Gasteiger partial charge on any atom is -0.294 e. The van der Waals surface area contributed by atoms with Crippen LogP contribution in [0.2, 0.25) is 0 Å². The molecule has 0 unspecified atom stereocenters. The van der Waals surface area contributed by atoms with Crippen molar-refractivity contribution in [1.82, 2.24) is 9.97 Å². The number of fused-ring (bicyclic) bond motifs is 3. The molecule has 3 heteroatoms. The lowest BCUT2D eigenvalue weighted by atomic mass is 9.75. The summed E-state index contributed by atoms with van der Waals surface area (Å²) in [6.45, 7) is 4.24. The quantitative estimate of drug-likeness (QED) is 0.584. The van der Waals surface area contributed by atoms with E-state index in [1.54, 1.807) is 0 Å². The Morgan fingerprint density at radius 2 is 1.81 bits per heavy atom. The van der Waals surface area contributed by atoms with Gasteiger partial charge in [0.15, 0.2) is 11.4 Å². The minimum absolute atomic E-state index is 0.0123. The molecule has 0 amide bonds. The summed E-state index contributed by atoms with van der Waals surface area (Å²) in [6, 6.07) is 12.0. The molecule has 0 aliphatic heterocycles. The van der Waals surface area contributed by atoms with E-state index in [4.69, 9.17) is 0 Å². The van der Waals surface area contributed by atoms with Crippen molar-refractivity contribution in [3.63, 3.8) is 0 Å². The maximum absolute atomic E-state index is 12.3. The predicted molar refractivity (Wildman–Crippen MR) is 83.5 cm³/mol. The zero-order chi connectivity index (χ0) is 14.6. The first-order chi connectivity index (χ1) is 10.0. The predicted octanol–water partition coefficient (Wildman–Crippen LogP) is 3.94. The van der Waals surface area contributed by atoms with E-state index in [1.807, 2.05) is 30.3 Å². The van der Waals surface area contributed by atoms with Crippen LogP contribution in [0, 0.1) is 5.41 Å². The Hall–Kier alpha value is -2.29. The number of aromatic nitrogens is 2. The second-order valence-corrected chi connectivity index (χ2v) is 6.65. The average molecular weight is 276 g/mol. The lowest BCUT2D eigenvalue weighted by molar-refractivity contribution is 0.0910. The molecule has 2 aromatic heterocycles. The molecule has 0 radical (unpaired) electrons. The summed E-state index contributed by atoms with van der Waals surface area (Å²) in [5.74, 6) is 0.198. The number of benzene rings is 1. The standard InChI is InChI=1S/C18H16N2O/c1-18(2)9-15-13(16(21)10-18)8-12-7-11-5-3-4-6-14(11)19-17(12)20-15/h3-8H,9-10H2,1-2H3. The molecular weight excluding hydrogens is 260 g/mol. The van der Waals surface area contributed by atoms with Crippen molar-refractivity contribution in [3.05, 3.63) is 47.7 Å². The number of rotatable bonds is 0. The molecule has 0 N–H and O–H groups in total. The van der Waals surface area contributed by atoms with Gasteiger partial charge < -0.3 is 0 Å². The Kier molecular flexibility index (Phi) is 2.43. The first-order valence-corrected chi connectivity index (χ1v) is 7.24. The van der Waals surface area contributed by atoms with Crippen LogP contribution in [0.5, 0.6) is 0 Å². The fraction of sp³-hybridized carbons (Fsp3) is 0.278. The molecule has 3 nitrogen and oxygen atoms in total. The van der Waals surface area contributed by atoms with Crippen molar-refractivity contribution >= 4 is 27.7 Å². The Bertz CT molecular complexity index is 896. The van der Waals surface area contributed by atoms with Gasteiger partial charge in [-0.25, -0.2) is 9.97 Å². The topological polar surface area (TPSA) is 42.9 Å². The SMILES string of the molecule is CC1(C)CC(=O)c2cc3cc4ccccc4nc3nc2C1. The summed E-state index contributed by atoms with van der Waals surface area (Å²) in [7, 11) is 0. The minimum atomic E-state index is -0.0123. The van der Waals surface area contributed by atoms with Gasteiger partial charge in [0, 0.05) is 22.8 Å². The van der Waals surface area contributed by atoms with E-state index in [0.29, 0.717) is 6.42 Å². The Morgan fingerprint density at radius 1 is 1.00 bits per heavy atom. The van der Waals surface area contributed by atoms with Crippen LogP contribution in [0.25, 0.3) is 21.9 Å². The van der Waals surface area contributed by atoms with Crippen molar-refractivity contribution in [2.24, 2.45) is 5.41 Å². The van der Waals surface area contributed by atoms with E-state index in [2.05, 4.69) is 29.9 Å². The summed E-state index contributed by atoms with van der Waals surface area (Å²) in [5.41, 5.74) is 3.34. The molecule has 0 saturated carbocycles. The van der Waals surface area contributed by atoms with Gasteiger partial charge >= 0.3 is 0 Å². The van der Waals surface area contributed by atoms with E-state index < -0.39 is 0 Å². The Labute approximate surface area is 123 Å². The van der Waals surface area contributed by atoms with Gasteiger partial charge in [-0.15, -0.1) is 0 Å². The van der Waals surface area contributed by atoms with E-state index in [-0.39, 0.29) is 11.2 Å². The van der Waals surface area contributed by atoms with Gasteiger partial charge in [-0.1, -0.05) is 32.0 Å². The van der Waals surface area contributed by atoms with Crippen molar-refractivity contribution in [2.75, 3.05) is 0 Å². The van der Waals surface area contributed by atoms with Crippen LogP contribution in [0.4, 0.5) is 0 Å². The van der Waals surface area contributed by atoms with Crippen LogP contribution in [-0.2, 0) is 6.42 Å². The summed E-state index contributed by atoms with van der Waals surface area (Å²) >= 11 is 0. The third-order valence-corrected chi connectivity index (χ3v) is 4.17. The molecule has 4 rings (SSSR count). The molecule has 1 aliphatic carbocycles. The van der Waals surface area contributed by atoms with Gasteiger partial charge in [0.1, 0.15) is 0 Å². The molecule has 0 atom stereocenters. The first kappa shape index (κ1) is 12.5. The van der Waals surface area contributed by atoms with Crippen LogP contribution in [-0.4, -0.2) is 15.8 Å². The molecule has 104 valence electrons. The third-order valence-electron chi connectivity index (χ3n) is 4.17. The highest BCUT2D eigenvalue weighted by Gasteiger charge is 2.32. The van der Waals surface area contributed by atoms with Gasteiger partial charge in [0.25, 0.3) is 0 Å². The van der Waals surface area contributed by atoms with Crippen LogP contribution in [0.15, 0.2) is 36.4 Å². The van der Waals surface area contributed by atoms with Gasteiger partial charge in [-0.3, -0.25) is 4.79 Å². The van der Waals surface area contributed by atoms with Crippen molar-refractivity contribution < 1.29 is 4.79 Å². The zero-order valence-electron chi connectivity index (χ0n) is 12.2. The number of hydrogen-bond donors (Lipinski definition) is 0. The molecule has 3 aromatic rings. The van der Waals surface area contributed by atoms with Crippen molar-refractivity contribution in [2.45, 2.75) is 26.7 Å². The maximum Gasteiger partial charge on any atom is 0.165 e. The van der Waals surface area contributed by atoms with E-state index in [9.17, 15) is 4.79 Å². The highest BCUT2D eigenvalue weighted by Crippen LogP contribution is 2.35. The highest BCUT2D eigenvalue weighted by atomic mass is 16.1. The number of nitrogens with zero attached hydrogens (tertiary/aromatic N) is 2. The van der Waals surface area contributed by atoms with Gasteiger partial charge in [0.05, 0.1) is 11.2 Å². The summed E-state index contributed by atoms with van der Waals surface area (Å²) in [4.78, 5) is 21.7. The molecule has 1 aromatic carbocycles. The second kappa shape index (κ2) is 4.10. The maximum atomic E-state index is 12.3. The lowest BCUT2D eigenvalue weighted by Crippen LogP contribution is -2.27. The van der Waals surface area contributed by atoms with Crippen LogP contribution < -0.4 is 0 Å². The number of ketones is 1. The average Bonchev–Trinajstić information content (AvgIpc) is 2.42. The Morgan fingerprint density at radius 3 is 2.67 bits per heavy atom. The first-order valence-electron chi connectivity index (χ1n) is 7.24. The molecule has 21 heavy (non-hydrogen) atoms. The van der Waals surface area contributed by atoms with E-state index in [1.165, 1.54) is 0 Å². The summed E-state index contributed by atoms with van der Waals surface area (Å²) in [5, 5.41) is 2.02. The molecular formula is C18H16N2O. The van der Waals surface area contributed by atoms with Crippen LogP contribution in [0.1, 0.15) is 36.3 Å². The number of hydrogen-bond acceptors (Lipinski definition) is 3. The zero-order valence-corrected chi connectivity index (χ0v) is 12.2. The number of para-hydroxylation sites is 1. The van der Waals surface area contributed by atoms with E-state index in [0.717, 1.165) is 39.6 Å². The van der Waals surface area contributed by atoms with Gasteiger partial charge in [-0.2, -0.15) is 0 Å². The lowest BCUT2D eigenvalue weighted by Gasteiger charge is -2.29. The van der Waals surface area contributed by atoms with Crippen molar-refractivity contribution in [1.29, 1.82) is 0 Å². The Balaban J connectivity index is 2.01. The van der Waals surface area contributed by atoms with Crippen molar-refractivity contribution in [3.8, 4) is 0 Å². The summed E-state index contributed by atoms with van der Waals surface area (Å²) in [6.07, 6.45) is 1.42. The fourth-order valence-corrected chi connectivity index (χ4v) is 3.17. The fourth-order valence-electron chi connectivity index (χ4n) is 3.17. The number of carbonyl (C=O) groups is 1. The molecule has 0 fully saturated rings. The number of carbonyl (C=O) groups excluding carboxylic acids is 1. The largest absolute Gasteiger partial charge is 0.294 e. The van der Waals surface area contributed by atoms with Gasteiger partial charge in [-0.05, 0) is 30.0 Å². The monoisotopic (exact) mass is 276 g/mol. The molecule has 0 bridgehead atoms. The second-order valence-electron chi connectivity index (χ2n) is 6.65. The molecule has 0 saturated heterocycles. The smallest absolute Gasteiger partial charge is 0.165 e. The number of pyridine rings is 2. The van der Waals surface area contributed by atoms with Crippen LogP contribution in [0.3, 0.4) is 0 Å². The molecule has 1 aliphatic rings. The normalized spacial score (nSPS) is 17.1. The molecule has 2 heterocycles. The highest BCUT2D eigenvalue weighted by molar-refractivity contribution is 6.02. The number of Topliss-reactive ketones (excluding diaryl/α,β-unsaturated/α-hetero) is 1. The van der Waals surface area contributed by atoms with Gasteiger partial charge in [0.2, 0.25) is 0 Å². The summed E-state index contributed by atoms with van der Waals surface area (Å²) < 4.78 is 0. The molecule has 0 spiro atoms. The third kappa shape index (κ3) is 2.00. The van der Waals surface area contributed by atoms with E-state index >= 15 is 0 Å². The van der Waals surface area contributed by atoms with Crippen LogP contribution >= 0.6 is 0 Å².